The summed E-state index contributed by atoms with van der Waals surface area (Å²) in [6.07, 6.45) is 0. The number of halogens is 2. The fourth-order valence-electron chi connectivity index (χ4n) is 4.18. The van der Waals surface area contributed by atoms with Gasteiger partial charge in [-0.25, -0.2) is 9.59 Å². The van der Waals surface area contributed by atoms with Crippen LogP contribution in [0.25, 0.3) is 27.8 Å². The number of carbonyl (C=O) groups is 1. The van der Waals surface area contributed by atoms with Crippen LogP contribution in [0.1, 0.15) is 15.9 Å². The van der Waals surface area contributed by atoms with Crippen LogP contribution in [0.15, 0.2) is 95.8 Å². The van der Waals surface area contributed by atoms with E-state index in [-0.39, 0.29) is 12.2 Å². The maximum Gasteiger partial charge on any atom is 0.337 e. The van der Waals surface area contributed by atoms with E-state index >= 15 is 0 Å². The molecule has 0 aliphatic carbocycles. The molecule has 5 nitrogen and oxygen atoms in total. The van der Waals surface area contributed by atoms with E-state index in [4.69, 9.17) is 27.9 Å². The number of benzene rings is 4. The lowest BCUT2D eigenvalue weighted by atomic mass is 10.1. The SMILES string of the molecule is COC(=O)c1cccc(Cn2c(=O)n(-c3ccc(-c4ccc(Cl)cc4)cc3)c3cc(Cl)ccc32)c1. The zero-order chi connectivity index (χ0) is 24.5. The Morgan fingerprint density at radius 2 is 1.46 bits per heavy atom. The minimum atomic E-state index is -0.422. The minimum Gasteiger partial charge on any atom is -0.465 e. The molecule has 0 amide bonds. The monoisotopic (exact) mass is 502 g/mol. The van der Waals surface area contributed by atoms with E-state index in [1.54, 1.807) is 39.5 Å². The number of rotatable bonds is 5. The van der Waals surface area contributed by atoms with Crippen LogP contribution < -0.4 is 5.69 Å². The number of carbonyl (C=O) groups excluding carboxylic acids is 1. The molecule has 1 aromatic heterocycles. The highest BCUT2D eigenvalue weighted by Gasteiger charge is 2.16. The van der Waals surface area contributed by atoms with Crippen molar-refractivity contribution in [3.05, 3.63) is 123 Å². The molecular formula is C28H20Cl2N2O3. The van der Waals surface area contributed by atoms with Gasteiger partial charge in [-0.05, 0) is 71.3 Å². The fourth-order valence-corrected chi connectivity index (χ4v) is 4.47. The van der Waals surface area contributed by atoms with Gasteiger partial charge in [-0.1, -0.05) is 59.6 Å². The van der Waals surface area contributed by atoms with Crippen LogP contribution in [-0.4, -0.2) is 22.2 Å². The lowest BCUT2D eigenvalue weighted by molar-refractivity contribution is 0.0600. The molecule has 7 heteroatoms. The van der Waals surface area contributed by atoms with E-state index in [0.717, 1.165) is 27.9 Å². The van der Waals surface area contributed by atoms with Crippen molar-refractivity contribution < 1.29 is 9.53 Å². The number of nitrogens with zero attached hydrogens (tertiary/aromatic N) is 2. The highest BCUT2D eigenvalue weighted by atomic mass is 35.5. The predicted molar refractivity (Wildman–Crippen MR) is 140 cm³/mol. The van der Waals surface area contributed by atoms with Crippen molar-refractivity contribution >= 4 is 40.2 Å². The van der Waals surface area contributed by atoms with Crippen LogP contribution in [0.4, 0.5) is 0 Å². The van der Waals surface area contributed by atoms with Gasteiger partial charge < -0.3 is 4.74 Å². The van der Waals surface area contributed by atoms with Gasteiger partial charge >= 0.3 is 11.7 Å². The second-order valence-corrected chi connectivity index (χ2v) is 8.96. The van der Waals surface area contributed by atoms with Crippen LogP contribution in [0.2, 0.25) is 10.0 Å². The summed E-state index contributed by atoms with van der Waals surface area (Å²) in [6.45, 7) is 0.289. The smallest absolute Gasteiger partial charge is 0.337 e. The van der Waals surface area contributed by atoms with Gasteiger partial charge in [0.25, 0.3) is 0 Å². The van der Waals surface area contributed by atoms with Gasteiger partial charge in [0.1, 0.15) is 0 Å². The molecule has 0 spiro atoms. The molecule has 0 bridgehead atoms. The van der Waals surface area contributed by atoms with Gasteiger partial charge in [0.15, 0.2) is 0 Å². The first kappa shape index (κ1) is 23.0. The van der Waals surface area contributed by atoms with Gasteiger partial charge in [-0.2, -0.15) is 0 Å². The topological polar surface area (TPSA) is 53.2 Å². The van der Waals surface area contributed by atoms with Crippen LogP contribution in [0.5, 0.6) is 0 Å². The van der Waals surface area contributed by atoms with E-state index in [1.165, 1.54) is 7.11 Å². The number of hydrogen-bond acceptors (Lipinski definition) is 3. The summed E-state index contributed by atoms with van der Waals surface area (Å²) >= 11 is 12.3. The molecule has 0 fully saturated rings. The molecule has 174 valence electrons. The Balaban J connectivity index is 1.59. The van der Waals surface area contributed by atoms with Crippen LogP contribution in [0.3, 0.4) is 0 Å². The zero-order valence-corrected chi connectivity index (χ0v) is 20.3. The molecule has 1 heterocycles. The van der Waals surface area contributed by atoms with Gasteiger partial charge in [0.2, 0.25) is 0 Å². The molecular weight excluding hydrogens is 483 g/mol. The quantitative estimate of drug-likeness (QED) is 0.254. The van der Waals surface area contributed by atoms with E-state index < -0.39 is 5.97 Å². The summed E-state index contributed by atoms with van der Waals surface area (Å²) < 4.78 is 8.15. The summed E-state index contributed by atoms with van der Waals surface area (Å²) in [5.41, 5.74) is 5.25. The highest BCUT2D eigenvalue weighted by Crippen LogP contribution is 2.26. The molecule has 0 unspecified atom stereocenters. The summed E-state index contributed by atoms with van der Waals surface area (Å²) in [5.74, 6) is -0.422. The van der Waals surface area contributed by atoms with Gasteiger partial charge in [-0.3, -0.25) is 9.13 Å². The van der Waals surface area contributed by atoms with Gasteiger partial charge in [0.05, 0.1) is 35.9 Å². The average molecular weight is 503 g/mol. The molecule has 0 saturated heterocycles. The highest BCUT2D eigenvalue weighted by molar-refractivity contribution is 6.31. The predicted octanol–water partition coefficient (Wildman–Crippen LogP) is 6.60. The summed E-state index contributed by atoms with van der Waals surface area (Å²) in [4.78, 5) is 25.6. The number of ether oxygens (including phenoxy) is 1. The second-order valence-electron chi connectivity index (χ2n) is 8.08. The Morgan fingerprint density at radius 1 is 0.800 bits per heavy atom. The maximum atomic E-state index is 13.6. The Labute approximate surface area is 211 Å². The van der Waals surface area contributed by atoms with Gasteiger partial charge in [0, 0.05) is 10.0 Å². The Morgan fingerprint density at radius 3 is 2.14 bits per heavy atom. The fraction of sp³-hybridized carbons (Fsp3) is 0.0714. The first-order chi connectivity index (χ1) is 16.9. The second kappa shape index (κ2) is 9.45. The third-order valence-electron chi connectivity index (χ3n) is 5.88. The minimum absolute atomic E-state index is 0.204. The maximum absolute atomic E-state index is 13.6. The van der Waals surface area contributed by atoms with Crippen molar-refractivity contribution in [2.24, 2.45) is 0 Å². The molecule has 0 saturated carbocycles. The summed E-state index contributed by atoms with van der Waals surface area (Å²) in [5, 5.41) is 1.22. The van der Waals surface area contributed by atoms with E-state index in [2.05, 4.69) is 0 Å². The lowest BCUT2D eigenvalue weighted by Crippen LogP contribution is -2.23. The Kier molecular flexibility index (Phi) is 6.20. The lowest BCUT2D eigenvalue weighted by Gasteiger charge is -2.07. The molecule has 4 aromatic carbocycles. The molecule has 0 aliphatic rings. The zero-order valence-electron chi connectivity index (χ0n) is 18.7. The molecule has 0 N–H and O–H groups in total. The normalized spacial score (nSPS) is 11.1. The van der Waals surface area contributed by atoms with Crippen molar-refractivity contribution in [2.75, 3.05) is 7.11 Å². The van der Waals surface area contributed by atoms with Crippen molar-refractivity contribution in [2.45, 2.75) is 6.54 Å². The van der Waals surface area contributed by atoms with Gasteiger partial charge in [-0.15, -0.1) is 0 Å². The van der Waals surface area contributed by atoms with E-state index in [9.17, 15) is 9.59 Å². The molecule has 5 rings (SSSR count). The van der Waals surface area contributed by atoms with E-state index in [0.29, 0.717) is 21.1 Å². The standard InChI is InChI=1S/C28H20Cl2N2O3/c1-35-27(33)21-4-2-3-18(15-21)17-31-25-14-11-23(30)16-26(25)32(28(31)34)24-12-7-20(8-13-24)19-5-9-22(29)10-6-19/h2-16H,17H2,1H3. The number of methoxy groups -OCH3 is 1. The molecule has 0 aliphatic heterocycles. The molecule has 0 atom stereocenters. The molecule has 35 heavy (non-hydrogen) atoms. The molecule has 0 radical (unpaired) electrons. The largest absolute Gasteiger partial charge is 0.465 e. The van der Waals surface area contributed by atoms with Crippen LogP contribution in [0, 0.1) is 0 Å². The van der Waals surface area contributed by atoms with Crippen molar-refractivity contribution in [3.8, 4) is 16.8 Å². The summed E-state index contributed by atoms with van der Waals surface area (Å²) in [6, 6.07) is 27.8. The molecule has 5 aromatic rings. The van der Waals surface area contributed by atoms with E-state index in [1.807, 2.05) is 60.7 Å². The number of hydrogen-bond donors (Lipinski definition) is 0. The number of fused-ring (bicyclic) bond motifs is 1. The first-order valence-electron chi connectivity index (χ1n) is 10.9. The van der Waals surface area contributed by atoms with Crippen LogP contribution >= 0.6 is 23.2 Å². The van der Waals surface area contributed by atoms with Crippen molar-refractivity contribution in [1.82, 2.24) is 9.13 Å². The average Bonchev–Trinajstić information content (AvgIpc) is 3.14. The van der Waals surface area contributed by atoms with Crippen LogP contribution in [-0.2, 0) is 11.3 Å². The van der Waals surface area contributed by atoms with Crippen molar-refractivity contribution in [3.63, 3.8) is 0 Å². The number of imidazole rings is 1. The third-order valence-corrected chi connectivity index (χ3v) is 6.37. The Bertz CT molecular complexity index is 1600. The first-order valence-corrected chi connectivity index (χ1v) is 11.6. The third kappa shape index (κ3) is 4.48. The number of esters is 1. The summed E-state index contributed by atoms with van der Waals surface area (Å²) in [7, 11) is 1.34. The number of aromatic nitrogens is 2. The van der Waals surface area contributed by atoms with Crippen molar-refractivity contribution in [1.29, 1.82) is 0 Å². The Hall–Kier alpha value is -3.80.